The normalized spacial score (nSPS) is 12.4. The quantitative estimate of drug-likeness (QED) is 0.174. The predicted molar refractivity (Wildman–Crippen MR) is 213 cm³/mol. The molecule has 0 nitrogen and oxygen atoms in total. The summed E-state index contributed by atoms with van der Waals surface area (Å²) >= 11 is 0. The summed E-state index contributed by atoms with van der Waals surface area (Å²) in [6, 6.07) is 33.1. The second kappa shape index (κ2) is 23.4. The predicted octanol–water partition coefficient (Wildman–Crippen LogP) is 15.2. The van der Waals surface area contributed by atoms with Crippen LogP contribution in [-0.2, 0) is 32.7 Å². The van der Waals surface area contributed by atoms with E-state index in [0.29, 0.717) is 35.5 Å². The minimum atomic E-state index is 0. The van der Waals surface area contributed by atoms with Gasteiger partial charge in [0, 0.05) is 5.92 Å². The van der Waals surface area contributed by atoms with E-state index >= 15 is 0 Å². The van der Waals surface area contributed by atoms with E-state index in [2.05, 4.69) is 136 Å². The molecule has 0 saturated heterocycles. The van der Waals surface area contributed by atoms with Crippen LogP contribution in [0, 0.1) is 24.5 Å². The van der Waals surface area contributed by atoms with E-state index in [1.807, 2.05) is 66.2 Å². The summed E-state index contributed by atoms with van der Waals surface area (Å²) in [6.07, 6.45) is 2.00. The molecule has 4 aromatic carbocycles. The standard InChI is InChI=1S/C22H28.C18H20.C3H7.2C2H6.Y/c1-13(2)16-11-12-19-17-9-7-8-10-18(17)21(15(5)6)22(19)20(16)14(3)4;1-13(2)17-11-10-16(12-18(17)14(3)4)15-8-6-5-7-9-15;1-3-2;2*1-2;/h7-15,21H,1-6H3;5-8,10-11,13-14H,1-4H3;3H,1-2H3;2*1-2H3;/q;-2;-1;;;+3. The molecule has 1 unspecified atom stereocenters. The molecular weight excluding hydrogens is 653 g/mol. The maximum Gasteiger partial charge on any atom is 3.00 e. The van der Waals surface area contributed by atoms with Crippen molar-refractivity contribution in [3.63, 3.8) is 0 Å². The van der Waals surface area contributed by atoms with Gasteiger partial charge in [-0.25, -0.2) is 11.1 Å². The summed E-state index contributed by atoms with van der Waals surface area (Å²) in [6.45, 7) is 35.0. The van der Waals surface area contributed by atoms with Crippen LogP contribution in [0.2, 0.25) is 0 Å². The molecule has 1 heteroatoms. The van der Waals surface area contributed by atoms with Gasteiger partial charge in [-0.2, -0.15) is 56.3 Å². The zero-order chi connectivity index (χ0) is 35.8. The van der Waals surface area contributed by atoms with Gasteiger partial charge in [-0.3, -0.25) is 0 Å². The molecule has 5 rings (SSSR count). The first-order valence-corrected chi connectivity index (χ1v) is 18.5. The van der Waals surface area contributed by atoms with Crippen LogP contribution in [0.5, 0.6) is 0 Å². The molecule has 1 aliphatic rings. The number of hydrogen-bond acceptors (Lipinski definition) is 0. The van der Waals surface area contributed by atoms with E-state index in [1.54, 1.807) is 11.1 Å². The number of rotatable bonds is 6. The molecule has 0 fully saturated rings. The van der Waals surface area contributed by atoms with Crippen molar-refractivity contribution in [3.05, 3.63) is 125 Å². The number of benzene rings is 4. The van der Waals surface area contributed by atoms with Crippen LogP contribution in [0.4, 0.5) is 0 Å². The number of hydrogen-bond donors (Lipinski definition) is 0. The molecule has 1 aliphatic carbocycles. The van der Waals surface area contributed by atoms with Gasteiger partial charge in [-0.15, -0.1) is 17.2 Å². The second-order valence-electron chi connectivity index (χ2n) is 13.6. The molecule has 0 spiro atoms. The Hall–Kier alpha value is -2.02. The van der Waals surface area contributed by atoms with Crippen molar-refractivity contribution >= 4 is 0 Å². The summed E-state index contributed by atoms with van der Waals surface area (Å²) in [5, 5.41) is 0. The van der Waals surface area contributed by atoms with Crippen LogP contribution in [0.25, 0.3) is 22.3 Å². The Morgan fingerprint density at radius 1 is 0.562 bits per heavy atom. The largest absolute Gasteiger partial charge is 3.00 e. The van der Waals surface area contributed by atoms with Gasteiger partial charge < -0.3 is 6.42 Å². The van der Waals surface area contributed by atoms with Gasteiger partial charge in [0.05, 0.1) is 0 Å². The van der Waals surface area contributed by atoms with Crippen LogP contribution in [-0.4, -0.2) is 0 Å². The fraction of sp³-hybridized carbons (Fsp3) is 0.468. The van der Waals surface area contributed by atoms with Gasteiger partial charge in [0.15, 0.2) is 0 Å². The topological polar surface area (TPSA) is 0 Å². The molecule has 0 radical (unpaired) electrons. The minimum Gasteiger partial charge on any atom is -0.335 e. The van der Waals surface area contributed by atoms with Crippen LogP contribution in [0.3, 0.4) is 0 Å². The Labute approximate surface area is 323 Å². The fourth-order valence-corrected chi connectivity index (χ4v) is 6.45. The van der Waals surface area contributed by atoms with Crippen molar-refractivity contribution in [2.75, 3.05) is 0 Å². The molecule has 4 aromatic rings. The summed E-state index contributed by atoms with van der Waals surface area (Å²) in [5.74, 6) is 3.38. The third-order valence-electron chi connectivity index (χ3n) is 8.29. The van der Waals surface area contributed by atoms with Crippen molar-refractivity contribution in [1.82, 2.24) is 0 Å². The zero-order valence-corrected chi connectivity index (χ0v) is 36.4. The molecule has 0 bridgehead atoms. The zero-order valence-electron chi connectivity index (χ0n) is 33.5. The Morgan fingerprint density at radius 2 is 1.10 bits per heavy atom. The van der Waals surface area contributed by atoms with Crippen molar-refractivity contribution in [2.45, 2.75) is 140 Å². The Morgan fingerprint density at radius 3 is 1.58 bits per heavy atom. The van der Waals surface area contributed by atoms with E-state index in [1.165, 1.54) is 33.4 Å². The Bertz CT molecular complexity index is 1440. The summed E-state index contributed by atoms with van der Waals surface area (Å²) in [5.41, 5.74) is 14.2. The molecule has 1 atom stereocenters. The monoisotopic (exact) mass is 720 g/mol. The van der Waals surface area contributed by atoms with Gasteiger partial charge >= 0.3 is 32.7 Å². The molecule has 0 amide bonds. The Kier molecular flexibility index (Phi) is 22.4. The minimum absolute atomic E-state index is 0. The average Bonchev–Trinajstić information content (AvgIpc) is 3.41. The molecule has 0 aromatic heterocycles. The first-order chi connectivity index (χ1) is 22.4. The third-order valence-corrected chi connectivity index (χ3v) is 8.29. The molecular formula is C47H67Y. The van der Waals surface area contributed by atoms with Gasteiger partial charge in [0.2, 0.25) is 0 Å². The molecule has 0 heterocycles. The molecule has 0 saturated carbocycles. The number of fused-ring (bicyclic) bond motifs is 3. The summed E-state index contributed by atoms with van der Waals surface area (Å²) in [7, 11) is 0. The van der Waals surface area contributed by atoms with E-state index in [9.17, 15) is 0 Å². The van der Waals surface area contributed by atoms with Crippen LogP contribution >= 0.6 is 0 Å². The van der Waals surface area contributed by atoms with E-state index in [0.717, 1.165) is 11.1 Å². The van der Waals surface area contributed by atoms with E-state index in [4.69, 9.17) is 0 Å². The molecule has 0 N–H and O–H groups in total. The first-order valence-electron chi connectivity index (χ1n) is 18.5. The Balaban J connectivity index is 0.000000773. The second-order valence-corrected chi connectivity index (χ2v) is 13.6. The third kappa shape index (κ3) is 11.8. The van der Waals surface area contributed by atoms with E-state index < -0.39 is 0 Å². The van der Waals surface area contributed by atoms with Gasteiger partial charge in [-0.05, 0) is 57.1 Å². The van der Waals surface area contributed by atoms with Gasteiger partial charge in [0.1, 0.15) is 0 Å². The van der Waals surface area contributed by atoms with Crippen molar-refractivity contribution in [1.29, 1.82) is 0 Å². The first kappa shape index (κ1) is 46.0. The van der Waals surface area contributed by atoms with Crippen molar-refractivity contribution in [3.8, 4) is 22.3 Å². The SMILES string of the molecule is CC.CC.CC(C)c1[c-]c(-c2[c-]cccc2)ccc1C(C)C.CC(C)c1ccc2c(c1C(C)C)C(C(C)C)c1ccccc1-2.C[CH-]C.[Y+3]. The van der Waals surface area contributed by atoms with Crippen molar-refractivity contribution < 1.29 is 32.7 Å². The summed E-state index contributed by atoms with van der Waals surface area (Å²) in [4.78, 5) is 0. The molecule has 0 aliphatic heterocycles. The molecule has 48 heavy (non-hydrogen) atoms. The maximum absolute atomic E-state index is 3.58. The molecule has 258 valence electrons. The average molecular weight is 721 g/mol. The summed E-state index contributed by atoms with van der Waals surface area (Å²) < 4.78 is 0. The maximum atomic E-state index is 3.58. The van der Waals surface area contributed by atoms with Crippen LogP contribution < -0.4 is 0 Å². The van der Waals surface area contributed by atoms with Gasteiger partial charge in [0.25, 0.3) is 0 Å². The van der Waals surface area contributed by atoms with Crippen LogP contribution in [0.1, 0.15) is 174 Å². The van der Waals surface area contributed by atoms with Crippen molar-refractivity contribution in [2.24, 2.45) is 5.92 Å². The fourth-order valence-electron chi connectivity index (χ4n) is 6.45. The smallest absolute Gasteiger partial charge is 0.335 e. The van der Waals surface area contributed by atoms with Crippen LogP contribution in [0.15, 0.2) is 72.8 Å². The van der Waals surface area contributed by atoms with E-state index in [-0.39, 0.29) is 32.7 Å². The van der Waals surface area contributed by atoms with Gasteiger partial charge in [-0.1, -0.05) is 139 Å².